The molecule has 0 unspecified atom stereocenters. The normalized spacial score (nSPS) is 11.2. The molecule has 2 aromatic rings. The first-order valence-corrected chi connectivity index (χ1v) is 6.07. The Balaban J connectivity index is 2.90. The standard InChI is InChI=1S/C13H15NSe/c1-9(2)14-8-7-11-6-4-5-10(3)12(11)13(14)15/h4-9H,1-3H3. The van der Waals surface area contributed by atoms with Crippen molar-refractivity contribution in [3.05, 3.63) is 40.2 Å². The number of hydrogen-bond donors (Lipinski definition) is 0. The molecule has 0 bridgehead atoms. The van der Waals surface area contributed by atoms with E-state index in [1.165, 1.54) is 20.5 Å². The molecule has 0 amide bonds. The van der Waals surface area contributed by atoms with Crippen molar-refractivity contribution < 1.29 is 0 Å². The Morgan fingerprint density at radius 3 is 2.60 bits per heavy atom. The van der Waals surface area contributed by atoms with Crippen LogP contribution in [0.5, 0.6) is 0 Å². The van der Waals surface area contributed by atoms with Crippen LogP contribution in [-0.4, -0.2) is 20.1 Å². The zero-order valence-corrected chi connectivity index (χ0v) is 11.0. The summed E-state index contributed by atoms with van der Waals surface area (Å²) in [4.78, 5) is 0. The number of rotatable bonds is 1. The first-order valence-electron chi connectivity index (χ1n) is 5.21. The van der Waals surface area contributed by atoms with Gasteiger partial charge in [0.25, 0.3) is 0 Å². The van der Waals surface area contributed by atoms with Gasteiger partial charge in [0.2, 0.25) is 0 Å². The number of nitrogens with zero attached hydrogens (tertiary/aromatic N) is 1. The number of hydrogen-bond acceptors (Lipinski definition) is 0. The molecule has 0 aliphatic rings. The van der Waals surface area contributed by atoms with Crippen molar-refractivity contribution in [2.45, 2.75) is 26.8 Å². The minimum atomic E-state index is 0.491. The third-order valence-corrected chi connectivity index (χ3v) is 3.60. The van der Waals surface area contributed by atoms with Crippen LogP contribution in [0.1, 0.15) is 25.5 Å². The topological polar surface area (TPSA) is 4.93 Å². The quantitative estimate of drug-likeness (QED) is 0.697. The van der Waals surface area contributed by atoms with Gasteiger partial charge < -0.3 is 0 Å². The summed E-state index contributed by atoms with van der Waals surface area (Å²) in [6, 6.07) is 9.10. The molecule has 0 fully saturated rings. The number of aromatic nitrogens is 1. The molecule has 2 rings (SSSR count). The van der Waals surface area contributed by atoms with Gasteiger partial charge in [-0.2, -0.15) is 0 Å². The first kappa shape index (κ1) is 10.7. The molecule has 0 saturated carbocycles. The second-order valence-corrected chi connectivity index (χ2v) is 4.97. The van der Waals surface area contributed by atoms with E-state index >= 15 is 0 Å². The molecule has 78 valence electrons. The van der Waals surface area contributed by atoms with Crippen LogP contribution in [0, 0.1) is 11.1 Å². The number of aryl methyl sites for hydroxylation is 1. The summed E-state index contributed by atoms with van der Waals surface area (Å²) in [7, 11) is 0. The molecule has 1 aromatic heterocycles. The van der Waals surface area contributed by atoms with Crippen molar-refractivity contribution in [1.29, 1.82) is 0 Å². The predicted octanol–water partition coefficient (Wildman–Crippen LogP) is 3.23. The van der Waals surface area contributed by atoms with Crippen molar-refractivity contribution in [2.24, 2.45) is 0 Å². The fraction of sp³-hybridized carbons (Fsp3) is 0.308. The van der Waals surface area contributed by atoms with Gasteiger partial charge in [0.1, 0.15) is 0 Å². The SMILES string of the molecule is Cc1cccc2ccn(C(C)C)c(=[Se])c12. The van der Waals surface area contributed by atoms with Gasteiger partial charge in [0.15, 0.2) is 0 Å². The summed E-state index contributed by atoms with van der Waals surface area (Å²) in [5.74, 6) is 0. The van der Waals surface area contributed by atoms with Crippen molar-refractivity contribution in [3.8, 4) is 0 Å². The van der Waals surface area contributed by atoms with Crippen LogP contribution < -0.4 is 0 Å². The van der Waals surface area contributed by atoms with Gasteiger partial charge in [-0.3, -0.25) is 0 Å². The van der Waals surface area contributed by atoms with Crippen LogP contribution in [0.25, 0.3) is 10.8 Å². The summed E-state index contributed by atoms with van der Waals surface area (Å²) in [5, 5.41) is 2.65. The zero-order valence-electron chi connectivity index (χ0n) is 9.32. The molecule has 0 atom stereocenters. The van der Waals surface area contributed by atoms with Crippen molar-refractivity contribution >= 4 is 26.3 Å². The summed E-state index contributed by atoms with van der Waals surface area (Å²) < 4.78 is 3.51. The number of pyridine rings is 1. The van der Waals surface area contributed by atoms with Gasteiger partial charge in [-0.1, -0.05) is 0 Å². The van der Waals surface area contributed by atoms with Crippen molar-refractivity contribution in [1.82, 2.24) is 4.57 Å². The van der Waals surface area contributed by atoms with Gasteiger partial charge in [0, 0.05) is 0 Å². The molecule has 2 heteroatoms. The second kappa shape index (κ2) is 3.96. The van der Waals surface area contributed by atoms with E-state index in [2.05, 4.69) is 71.4 Å². The Morgan fingerprint density at radius 1 is 1.20 bits per heavy atom. The molecule has 1 nitrogen and oxygen atoms in total. The maximum atomic E-state index is 3.20. The molecule has 0 aliphatic heterocycles. The molecule has 0 N–H and O–H groups in total. The van der Waals surface area contributed by atoms with Gasteiger partial charge in [-0.05, 0) is 0 Å². The molecule has 1 aromatic carbocycles. The van der Waals surface area contributed by atoms with Crippen molar-refractivity contribution in [3.63, 3.8) is 0 Å². The minimum absolute atomic E-state index is 0.491. The van der Waals surface area contributed by atoms with Gasteiger partial charge in [-0.15, -0.1) is 0 Å². The molecule has 0 spiro atoms. The average molecular weight is 264 g/mol. The van der Waals surface area contributed by atoms with E-state index in [4.69, 9.17) is 0 Å². The Bertz CT molecular complexity index is 552. The molecular weight excluding hydrogens is 249 g/mol. The molecule has 15 heavy (non-hydrogen) atoms. The average Bonchev–Trinajstić information content (AvgIpc) is 2.17. The van der Waals surface area contributed by atoms with Crippen LogP contribution in [0.15, 0.2) is 30.5 Å². The van der Waals surface area contributed by atoms with Gasteiger partial charge in [0.05, 0.1) is 0 Å². The second-order valence-electron chi connectivity index (χ2n) is 4.16. The Morgan fingerprint density at radius 2 is 1.93 bits per heavy atom. The van der Waals surface area contributed by atoms with E-state index in [1.54, 1.807) is 0 Å². The van der Waals surface area contributed by atoms with Crippen LogP contribution in [0.3, 0.4) is 0 Å². The Kier molecular flexibility index (Phi) is 2.81. The first-order chi connectivity index (χ1) is 7.11. The predicted molar refractivity (Wildman–Crippen MR) is 66.1 cm³/mol. The number of benzene rings is 1. The monoisotopic (exact) mass is 265 g/mol. The van der Waals surface area contributed by atoms with Crippen LogP contribution in [-0.2, 0) is 0 Å². The van der Waals surface area contributed by atoms with E-state index in [0.717, 1.165) is 0 Å². The molecule has 0 radical (unpaired) electrons. The molecular formula is C13H15NSe. The van der Waals surface area contributed by atoms with Gasteiger partial charge >= 0.3 is 97.9 Å². The molecule has 0 aliphatic carbocycles. The van der Waals surface area contributed by atoms with Crippen molar-refractivity contribution in [2.75, 3.05) is 0 Å². The fourth-order valence-corrected chi connectivity index (χ4v) is 3.04. The van der Waals surface area contributed by atoms with Gasteiger partial charge in [-0.25, -0.2) is 0 Å². The third kappa shape index (κ3) is 1.80. The number of fused-ring (bicyclic) bond motifs is 1. The van der Waals surface area contributed by atoms with E-state index in [9.17, 15) is 0 Å². The van der Waals surface area contributed by atoms with E-state index < -0.39 is 0 Å². The van der Waals surface area contributed by atoms with Crippen LogP contribution in [0.2, 0.25) is 0 Å². The Hall–Kier alpha value is -0.851. The van der Waals surface area contributed by atoms with Crippen LogP contribution >= 0.6 is 0 Å². The zero-order chi connectivity index (χ0) is 11.0. The summed E-state index contributed by atoms with van der Waals surface area (Å²) >= 11 is 3.20. The van der Waals surface area contributed by atoms with E-state index in [0.29, 0.717) is 6.04 Å². The molecule has 0 saturated heterocycles. The van der Waals surface area contributed by atoms with Crippen LogP contribution in [0.4, 0.5) is 0 Å². The fourth-order valence-electron chi connectivity index (χ4n) is 1.89. The third-order valence-electron chi connectivity index (χ3n) is 2.72. The van der Waals surface area contributed by atoms with E-state index in [1.807, 2.05) is 0 Å². The summed E-state index contributed by atoms with van der Waals surface area (Å²) in [5.41, 5.74) is 1.33. The summed E-state index contributed by atoms with van der Waals surface area (Å²) in [6.45, 7) is 6.56. The van der Waals surface area contributed by atoms with E-state index in [-0.39, 0.29) is 0 Å². The molecule has 1 heterocycles. The summed E-state index contributed by atoms with van der Waals surface area (Å²) in [6.07, 6.45) is 2.15. The Labute approximate surface area is 98.1 Å². The maximum absolute atomic E-state index is 3.20.